The Kier molecular flexibility index (Phi) is 3.94. The van der Waals surface area contributed by atoms with Crippen LogP contribution in [0.2, 0.25) is 10.0 Å². The van der Waals surface area contributed by atoms with Crippen LogP contribution in [-0.2, 0) is 6.61 Å². The van der Waals surface area contributed by atoms with E-state index in [4.69, 9.17) is 33.7 Å². The summed E-state index contributed by atoms with van der Waals surface area (Å²) in [6, 6.07) is 9.46. The highest BCUT2D eigenvalue weighted by Crippen LogP contribution is 2.30. The molecule has 2 nitrogen and oxygen atoms in total. The average Bonchev–Trinajstić information content (AvgIpc) is 2.31. The molecule has 0 unspecified atom stereocenters. The van der Waals surface area contributed by atoms with Crippen LogP contribution in [0.15, 0.2) is 36.4 Å². The highest BCUT2D eigenvalue weighted by Gasteiger charge is 2.11. The lowest BCUT2D eigenvalue weighted by Crippen LogP contribution is -2.02. The van der Waals surface area contributed by atoms with Crippen molar-refractivity contribution < 1.29 is 9.13 Å². The maximum absolute atomic E-state index is 13.5. The van der Waals surface area contributed by atoms with Crippen LogP contribution in [-0.4, -0.2) is 0 Å². The van der Waals surface area contributed by atoms with E-state index < -0.39 is 5.82 Å². The predicted octanol–water partition coefficient (Wildman–Crippen LogP) is 4.29. The fraction of sp³-hybridized carbons (Fsp3) is 0.0769. The smallest absolute Gasteiger partial charge is 0.174 e. The first-order valence-electron chi connectivity index (χ1n) is 5.19. The Labute approximate surface area is 114 Å². The Hall–Kier alpha value is -1.45. The second-order valence-electron chi connectivity index (χ2n) is 3.65. The standard InChI is InChI=1S/C13H10Cl2FNO/c14-9-3-2-6-12(17)8(9)7-18-13-10(15)4-1-5-11(13)16/h1-6H,7,17H2. The molecule has 0 spiro atoms. The van der Waals surface area contributed by atoms with Crippen LogP contribution in [0.25, 0.3) is 0 Å². The molecule has 0 aliphatic carbocycles. The van der Waals surface area contributed by atoms with Crippen molar-refractivity contribution in [2.24, 2.45) is 0 Å². The van der Waals surface area contributed by atoms with Gasteiger partial charge in [-0.1, -0.05) is 35.3 Å². The molecule has 0 aliphatic rings. The van der Waals surface area contributed by atoms with E-state index in [1.165, 1.54) is 12.1 Å². The molecule has 0 fully saturated rings. The zero-order valence-corrected chi connectivity index (χ0v) is 10.8. The first-order chi connectivity index (χ1) is 8.59. The minimum Gasteiger partial charge on any atom is -0.484 e. The van der Waals surface area contributed by atoms with E-state index >= 15 is 0 Å². The number of para-hydroxylation sites is 1. The Bertz CT molecular complexity index is 483. The van der Waals surface area contributed by atoms with E-state index in [-0.39, 0.29) is 17.4 Å². The number of nitrogens with two attached hydrogens (primary N) is 1. The fourth-order valence-corrected chi connectivity index (χ4v) is 1.95. The third-order valence-electron chi connectivity index (χ3n) is 2.43. The first kappa shape index (κ1) is 13.0. The summed E-state index contributed by atoms with van der Waals surface area (Å²) in [6.07, 6.45) is 0. The summed E-state index contributed by atoms with van der Waals surface area (Å²) < 4.78 is 18.8. The van der Waals surface area contributed by atoms with Gasteiger partial charge in [0.1, 0.15) is 6.61 Å². The van der Waals surface area contributed by atoms with Crippen molar-refractivity contribution in [1.29, 1.82) is 0 Å². The number of anilines is 1. The SMILES string of the molecule is Nc1cccc(Cl)c1COc1c(F)cccc1Cl. The van der Waals surface area contributed by atoms with E-state index in [1.54, 1.807) is 24.3 Å². The summed E-state index contributed by atoms with van der Waals surface area (Å²) >= 11 is 11.8. The Morgan fingerprint density at radius 3 is 2.39 bits per heavy atom. The molecular weight excluding hydrogens is 276 g/mol. The molecule has 0 radical (unpaired) electrons. The van der Waals surface area contributed by atoms with Crippen LogP contribution in [0.1, 0.15) is 5.56 Å². The van der Waals surface area contributed by atoms with Crippen molar-refractivity contribution in [3.8, 4) is 5.75 Å². The van der Waals surface area contributed by atoms with E-state index in [2.05, 4.69) is 0 Å². The third kappa shape index (κ3) is 2.68. The van der Waals surface area contributed by atoms with Gasteiger partial charge in [0.05, 0.1) is 5.02 Å². The zero-order chi connectivity index (χ0) is 13.1. The molecule has 2 aromatic carbocycles. The second-order valence-corrected chi connectivity index (χ2v) is 4.46. The largest absolute Gasteiger partial charge is 0.484 e. The number of rotatable bonds is 3. The van der Waals surface area contributed by atoms with Gasteiger partial charge in [0, 0.05) is 16.3 Å². The molecule has 18 heavy (non-hydrogen) atoms. The molecule has 94 valence electrons. The van der Waals surface area contributed by atoms with Gasteiger partial charge in [0.2, 0.25) is 0 Å². The van der Waals surface area contributed by atoms with Gasteiger partial charge < -0.3 is 10.5 Å². The summed E-state index contributed by atoms with van der Waals surface area (Å²) in [5.41, 5.74) is 6.88. The lowest BCUT2D eigenvalue weighted by molar-refractivity contribution is 0.291. The van der Waals surface area contributed by atoms with Crippen molar-refractivity contribution in [3.05, 3.63) is 57.8 Å². The van der Waals surface area contributed by atoms with Crippen LogP contribution >= 0.6 is 23.2 Å². The van der Waals surface area contributed by atoms with Crippen molar-refractivity contribution >= 4 is 28.9 Å². The van der Waals surface area contributed by atoms with Gasteiger partial charge >= 0.3 is 0 Å². The summed E-state index contributed by atoms with van der Waals surface area (Å²) in [5.74, 6) is -0.522. The average molecular weight is 286 g/mol. The number of hydrogen-bond acceptors (Lipinski definition) is 2. The van der Waals surface area contributed by atoms with Crippen molar-refractivity contribution in [2.75, 3.05) is 5.73 Å². The Morgan fingerprint density at radius 2 is 1.72 bits per heavy atom. The first-order valence-corrected chi connectivity index (χ1v) is 5.95. The molecule has 0 aliphatic heterocycles. The second kappa shape index (κ2) is 5.46. The monoisotopic (exact) mass is 285 g/mol. The quantitative estimate of drug-likeness (QED) is 0.854. The maximum atomic E-state index is 13.5. The van der Waals surface area contributed by atoms with Crippen LogP contribution < -0.4 is 10.5 Å². The molecule has 0 saturated heterocycles. The lowest BCUT2D eigenvalue weighted by atomic mass is 10.2. The van der Waals surface area contributed by atoms with Crippen LogP contribution in [0.3, 0.4) is 0 Å². The molecule has 0 aromatic heterocycles. The highest BCUT2D eigenvalue weighted by atomic mass is 35.5. The van der Waals surface area contributed by atoms with Gasteiger partial charge in [-0.05, 0) is 24.3 Å². The van der Waals surface area contributed by atoms with E-state index in [0.717, 1.165) is 0 Å². The van der Waals surface area contributed by atoms with Crippen LogP contribution in [0.4, 0.5) is 10.1 Å². The van der Waals surface area contributed by atoms with Crippen LogP contribution in [0.5, 0.6) is 5.75 Å². The summed E-state index contributed by atoms with van der Waals surface area (Å²) in [4.78, 5) is 0. The number of halogens is 3. The van der Waals surface area contributed by atoms with Gasteiger partial charge in [-0.15, -0.1) is 0 Å². The van der Waals surface area contributed by atoms with Crippen LogP contribution in [0, 0.1) is 5.82 Å². The van der Waals surface area contributed by atoms with Gasteiger partial charge in [-0.3, -0.25) is 0 Å². The molecule has 0 atom stereocenters. The van der Waals surface area contributed by atoms with Gasteiger partial charge in [-0.2, -0.15) is 0 Å². The summed E-state index contributed by atoms with van der Waals surface area (Å²) in [6.45, 7) is 0.0617. The minimum atomic E-state index is -0.520. The third-order valence-corrected chi connectivity index (χ3v) is 3.09. The molecular formula is C13H10Cl2FNO. The maximum Gasteiger partial charge on any atom is 0.174 e. The summed E-state index contributed by atoms with van der Waals surface area (Å²) in [5, 5.41) is 0.683. The number of ether oxygens (including phenoxy) is 1. The van der Waals surface area contributed by atoms with E-state index in [1.807, 2.05) is 0 Å². The summed E-state index contributed by atoms with van der Waals surface area (Å²) in [7, 11) is 0. The molecule has 0 bridgehead atoms. The van der Waals surface area contributed by atoms with Crippen molar-refractivity contribution in [3.63, 3.8) is 0 Å². The minimum absolute atomic E-state index is 0.00140. The topological polar surface area (TPSA) is 35.2 Å². The highest BCUT2D eigenvalue weighted by molar-refractivity contribution is 6.32. The van der Waals surface area contributed by atoms with Gasteiger partial charge in [0.15, 0.2) is 11.6 Å². The molecule has 5 heteroatoms. The lowest BCUT2D eigenvalue weighted by Gasteiger charge is -2.11. The number of hydrogen-bond donors (Lipinski definition) is 1. The van der Waals surface area contributed by atoms with Crippen molar-refractivity contribution in [2.45, 2.75) is 6.61 Å². The Morgan fingerprint density at radius 1 is 1.06 bits per heavy atom. The molecule has 0 amide bonds. The van der Waals surface area contributed by atoms with E-state index in [9.17, 15) is 4.39 Å². The number of nitrogen functional groups attached to an aromatic ring is 1. The predicted molar refractivity (Wildman–Crippen MR) is 71.6 cm³/mol. The normalized spacial score (nSPS) is 10.4. The van der Waals surface area contributed by atoms with Crippen molar-refractivity contribution in [1.82, 2.24) is 0 Å². The van der Waals surface area contributed by atoms with E-state index in [0.29, 0.717) is 16.3 Å². The van der Waals surface area contributed by atoms with Gasteiger partial charge in [-0.25, -0.2) is 4.39 Å². The van der Waals surface area contributed by atoms with Gasteiger partial charge in [0.25, 0.3) is 0 Å². The zero-order valence-electron chi connectivity index (χ0n) is 9.29. The molecule has 2 aromatic rings. The Balaban J connectivity index is 2.22. The molecule has 2 rings (SSSR count). The number of benzene rings is 2. The fourth-order valence-electron chi connectivity index (χ4n) is 1.49. The molecule has 2 N–H and O–H groups in total. The molecule has 0 saturated carbocycles. The molecule has 0 heterocycles.